The van der Waals surface area contributed by atoms with Gasteiger partial charge in [0.1, 0.15) is 0 Å². The van der Waals surface area contributed by atoms with Gasteiger partial charge in [0.2, 0.25) is 0 Å². The van der Waals surface area contributed by atoms with Crippen LogP contribution in [0.2, 0.25) is 5.02 Å². The number of aryl methyl sites for hydroxylation is 2. The first kappa shape index (κ1) is 15.6. The molecule has 0 amide bonds. The summed E-state index contributed by atoms with van der Waals surface area (Å²) in [5.41, 5.74) is 5.39. The summed E-state index contributed by atoms with van der Waals surface area (Å²) in [4.78, 5) is 0. The van der Waals surface area contributed by atoms with Gasteiger partial charge < -0.3 is 0 Å². The second kappa shape index (κ2) is 7.28. The molecule has 0 aliphatic heterocycles. The Hall–Kier alpha value is -0.790. The number of halogens is 2. The van der Waals surface area contributed by atoms with Gasteiger partial charge in [-0.25, -0.2) is 0 Å². The maximum Gasteiger partial charge on any atom is 0.0438 e. The lowest BCUT2D eigenvalue weighted by atomic mass is 9.91. The maximum absolute atomic E-state index is 6.27. The Balaban J connectivity index is 2.13. The first-order chi connectivity index (χ1) is 9.60. The van der Waals surface area contributed by atoms with Crippen LogP contribution in [-0.2, 0) is 12.8 Å². The fourth-order valence-electron chi connectivity index (χ4n) is 2.49. The van der Waals surface area contributed by atoms with E-state index in [0.717, 1.165) is 23.2 Å². The summed E-state index contributed by atoms with van der Waals surface area (Å²) in [6.07, 6.45) is 2.10. The molecule has 1 atom stereocenters. The molecule has 2 heteroatoms. The monoisotopic (exact) mass is 350 g/mol. The van der Waals surface area contributed by atoms with Crippen LogP contribution in [0.15, 0.2) is 42.5 Å². The highest BCUT2D eigenvalue weighted by molar-refractivity contribution is 9.09. The number of alkyl halides is 1. The minimum Gasteiger partial charge on any atom is -0.0925 e. The van der Waals surface area contributed by atoms with Crippen molar-refractivity contribution in [3.8, 4) is 0 Å². The van der Waals surface area contributed by atoms with E-state index in [9.17, 15) is 0 Å². The predicted octanol–water partition coefficient (Wildman–Crippen LogP) is 5.75. The molecule has 0 saturated carbocycles. The van der Waals surface area contributed by atoms with Crippen molar-refractivity contribution in [3.05, 3.63) is 69.7 Å². The Morgan fingerprint density at radius 1 is 1.00 bits per heavy atom. The summed E-state index contributed by atoms with van der Waals surface area (Å²) in [6.45, 7) is 4.34. The van der Waals surface area contributed by atoms with Crippen LogP contribution in [0.1, 0.15) is 22.3 Å². The molecule has 0 fully saturated rings. The molecule has 0 aliphatic carbocycles. The zero-order valence-electron chi connectivity index (χ0n) is 12.0. The lowest BCUT2D eigenvalue weighted by molar-refractivity contribution is 0.589. The Morgan fingerprint density at radius 2 is 1.70 bits per heavy atom. The fraction of sp³-hybridized carbons (Fsp3) is 0.333. The molecule has 0 bridgehead atoms. The summed E-state index contributed by atoms with van der Waals surface area (Å²) < 4.78 is 0. The molecular formula is C18H20BrCl. The SMILES string of the molecule is Cc1ccc(C)c(CC(CBr)Cc2ccccc2Cl)c1. The van der Waals surface area contributed by atoms with Crippen LogP contribution >= 0.6 is 27.5 Å². The van der Waals surface area contributed by atoms with Crippen molar-refractivity contribution >= 4 is 27.5 Å². The third-order valence-corrected chi connectivity index (χ3v) is 4.98. The summed E-state index contributed by atoms with van der Waals surface area (Å²) in [7, 11) is 0. The van der Waals surface area contributed by atoms with Crippen LogP contribution in [0.4, 0.5) is 0 Å². The molecule has 0 heterocycles. The molecule has 20 heavy (non-hydrogen) atoms. The van der Waals surface area contributed by atoms with E-state index in [4.69, 9.17) is 11.6 Å². The van der Waals surface area contributed by atoms with Crippen LogP contribution in [0.5, 0.6) is 0 Å². The minimum absolute atomic E-state index is 0.565. The lowest BCUT2D eigenvalue weighted by Gasteiger charge is -2.17. The second-order valence-electron chi connectivity index (χ2n) is 5.45. The highest BCUT2D eigenvalue weighted by Crippen LogP contribution is 2.24. The number of hydrogen-bond acceptors (Lipinski definition) is 0. The average molecular weight is 352 g/mol. The van der Waals surface area contributed by atoms with Gasteiger partial charge in [-0.2, -0.15) is 0 Å². The fourth-order valence-corrected chi connectivity index (χ4v) is 3.16. The van der Waals surface area contributed by atoms with E-state index in [1.54, 1.807) is 0 Å². The van der Waals surface area contributed by atoms with Crippen molar-refractivity contribution < 1.29 is 0 Å². The zero-order chi connectivity index (χ0) is 14.5. The van der Waals surface area contributed by atoms with E-state index in [-0.39, 0.29) is 0 Å². The van der Waals surface area contributed by atoms with Crippen molar-refractivity contribution in [2.75, 3.05) is 5.33 Å². The zero-order valence-corrected chi connectivity index (χ0v) is 14.3. The predicted molar refractivity (Wildman–Crippen MR) is 92.1 cm³/mol. The van der Waals surface area contributed by atoms with Gasteiger partial charge in [0.05, 0.1) is 0 Å². The normalized spacial score (nSPS) is 12.4. The quantitative estimate of drug-likeness (QED) is 0.601. The van der Waals surface area contributed by atoms with Crippen LogP contribution < -0.4 is 0 Å². The van der Waals surface area contributed by atoms with Gasteiger partial charge in [0.25, 0.3) is 0 Å². The van der Waals surface area contributed by atoms with Crippen molar-refractivity contribution in [2.45, 2.75) is 26.7 Å². The van der Waals surface area contributed by atoms with Gasteiger partial charge in [-0.05, 0) is 55.4 Å². The first-order valence-corrected chi connectivity index (χ1v) is 8.45. The van der Waals surface area contributed by atoms with Gasteiger partial charge in [-0.3, -0.25) is 0 Å². The summed E-state index contributed by atoms with van der Waals surface area (Å²) in [5, 5.41) is 1.87. The summed E-state index contributed by atoms with van der Waals surface area (Å²) in [5.74, 6) is 0.565. The van der Waals surface area contributed by atoms with Gasteiger partial charge in [0.15, 0.2) is 0 Å². The average Bonchev–Trinajstić information content (AvgIpc) is 2.44. The summed E-state index contributed by atoms with van der Waals surface area (Å²) in [6, 6.07) is 14.8. The smallest absolute Gasteiger partial charge is 0.0438 e. The Bertz CT molecular complexity index is 577. The third kappa shape index (κ3) is 4.10. The largest absolute Gasteiger partial charge is 0.0925 e. The standard InChI is InChI=1S/C18H20BrCl/c1-13-7-8-14(2)17(9-13)11-15(12-19)10-16-5-3-4-6-18(16)20/h3-9,15H,10-12H2,1-2H3. The molecule has 0 N–H and O–H groups in total. The summed E-state index contributed by atoms with van der Waals surface area (Å²) >= 11 is 9.92. The molecule has 2 rings (SSSR count). The van der Waals surface area contributed by atoms with Gasteiger partial charge in [0, 0.05) is 10.4 Å². The molecule has 0 spiro atoms. The highest BCUT2D eigenvalue weighted by Gasteiger charge is 2.12. The molecule has 0 nitrogen and oxygen atoms in total. The lowest BCUT2D eigenvalue weighted by Crippen LogP contribution is -2.11. The molecular weight excluding hydrogens is 332 g/mol. The maximum atomic E-state index is 6.27. The number of rotatable bonds is 5. The van der Waals surface area contributed by atoms with E-state index in [2.05, 4.69) is 60.1 Å². The van der Waals surface area contributed by atoms with Crippen molar-refractivity contribution in [2.24, 2.45) is 5.92 Å². The molecule has 0 aromatic heterocycles. The van der Waals surface area contributed by atoms with E-state index in [1.807, 2.05) is 12.1 Å². The number of hydrogen-bond donors (Lipinski definition) is 0. The van der Waals surface area contributed by atoms with E-state index in [0.29, 0.717) is 5.92 Å². The molecule has 106 valence electrons. The molecule has 0 aliphatic rings. The Labute approximate surface area is 135 Å². The van der Waals surface area contributed by atoms with Crippen LogP contribution in [-0.4, -0.2) is 5.33 Å². The second-order valence-corrected chi connectivity index (χ2v) is 6.50. The number of benzene rings is 2. The third-order valence-electron chi connectivity index (χ3n) is 3.70. The van der Waals surface area contributed by atoms with Crippen LogP contribution in [0, 0.1) is 19.8 Å². The van der Waals surface area contributed by atoms with Crippen LogP contribution in [0.3, 0.4) is 0 Å². The van der Waals surface area contributed by atoms with Crippen molar-refractivity contribution in [1.82, 2.24) is 0 Å². The molecule has 0 radical (unpaired) electrons. The van der Waals surface area contributed by atoms with Crippen molar-refractivity contribution in [3.63, 3.8) is 0 Å². The van der Waals surface area contributed by atoms with E-state index < -0.39 is 0 Å². The van der Waals surface area contributed by atoms with Gasteiger partial charge >= 0.3 is 0 Å². The van der Waals surface area contributed by atoms with Crippen molar-refractivity contribution in [1.29, 1.82) is 0 Å². The first-order valence-electron chi connectivity index (χ1n) is 6.95. The molecule has 2 aromatic carbocycles. The van der Waals surface area contributed by atoms with E-state index in [1.165, 1.54) is 22.3 Å². The Morgan fingerprint density at radius 3 is 2.40 bits per heavy atom. The van der Waals surface area contributed by atoms with Gasteiger partial charge in [-0.15, -0.1) is 0 Å². The van der Waals surface area contributed by atoms with Gasteiger partial charge in [-0.1, -0.05) is 69.5 Å². The van der Waals surface area contributed by atoms with Crippen LogP contribution in [0.25, 0.3) is 0 Å². The molecule has 1 unspecified atom stereocenters. The molecule has 2 aromatic rings. The van der Waals surface area contributed by atoms with E-state index >= 15 is 0 Å². The molecule has 0 saturated heterocycles. The highest BCUT2D eigenvalue weighted by atomic mass is 79.9. The Kier molecular flexibility index (Phi) is 5.68. The minimum atomic E-state index is 0.565. The topological polar surface area (TPSA) is 0 Å².